The van der Waals surface area contributed by atoms with E-state index < -0.39 is 5.97 Å². The number of nitrogens with one attached hydrogen (secondary N) is 1. The Hall–Kier alpha value is -2.76. The van der Waals surface area contributed by atoms with Crippen molar-refractivity contribution in [3.63, 3.8) is 0 Å². The minimum Gasteiger partial charge on any atom is -0.462 e. The predicted molar refractivity (Wildman–Crippen MR) is 107 cm³/mol. The van der Waals surface area contributed by atoms with Gasteiger partial charge in [-0.05, 0) is 51.0 Å². The summed E-state index contributed by atoms with van der Waals surface area (Å²) in [5, 5.41) is 0. The van der Waals surface area contributed by atoms with Gasteiger partial charge in [0.25, 0.3) is 5.91 Å². The van der Waals surface area contributed by atoms with E-state index in [2.05, 4.69) is 4.98 Å². The molecule has 0 bridgehead atoms. The highest BCUT2D eigenvalue weighted by Gasteiger charge is 2.25. The van der Waals surface area contributed by atoms with Gasteiger partial charge in [-0.2, -0.15) is 0 Å². The first kappa shape index (κ1) is 20.6. The van der Waals surface area contributed by atoms with Crippen molar-refractivity contribution in [2.24, 2.45) is 0 Å². The number of aromatic nitrogens is 1. The Morgan fingerprint density at radius 2 is 1.70 bits per heavy atom. The van der Waals surface area contributed by atoms with Gasteiger partial charge in [0.2, 0.25) is 0 Å². The maximum atomic E-state index is 13.1. The predicted octanol–water partition coefficient (Wildman–Crippen LogP) is 3.54. The molecule has 1 amide bonds. The minimum atomic E-state index is -0.398. The van der Waals surface area contributed by atoms with E-state index in [0.29, 0.717) is 42.2 Å². The number of hydrogen-bond donors (Lipinski definition) is 1. The van der Waals surface area contributed by atoms with Gasteiger partial charge in [-0.25, -0.2) is 4.79 Å². The third-order valence-corrected chi connectivity index (χ3v) is 4.63. The van der Waals surface area contributed by atoms with E-state index in [1.165, 1.54) is 0 Å². The summed E-state index contributed by atoms with van der Waals surface area (Å²) in [7, 11) is 3.99. The van der Waals surface area contributed by atoms with Crippen molar-refractivity contribution >= 4 is 17.6 Å². The van der Waals surface area contributed by atoms with Crippen LogP contribution < -0.4 is 4.90 Å². The SMILES string of the molecule is CCOC(=O)c1c(C)[nH]c(C(=O)N(CC)Cc2ccc(N(C)C)cc2)c1C. The van der Waals surface area contributed by atoms with Crippen molar-refractivity contribution in [2.75, 3.05) is 32.1 Å². The molecule has 0 spiro atoms. The van der Waals surface area contributed by atoms with E-state index in [1.54, 1.807) is 25.7 Å². The van der Waals surface area contributed by atoms with Crippen LogP contribution in [-0.2, 0) is 11.3 Å². The Labute approximate surface area is 161 Å². The molecule has 0 saturated carbocycles. The van der Waals surface area contributed by atoms with E-state index in [4.69, 9.17) is 4.74 Å². The van der Waals surface area contributed by atoms with Gasteiger partial charge in [-0.1, -0.05) is 12.1 Å². The van der Waals surface area contributed by atoms with Gasteiger partial charge < -0.3 is 19.5 Å². The molecule has 0 saturated heterocycles. The standard InChI is InChI=1S/C21H29N3O3/c1-7-24(13-16-9-11-17(12-10-16)23(5)6)20(25)19-14(3)18(15(4)22-19)21(26)27-8-2/h9-12,22H,7-8,13H2,1-6H3. The Balaban J connectivity index is 2.24. The molecule has 0 radical (unpaired) electrons. The van der Waals surface area contributed by atoms with Crippen molar-refractivity contribution in [2.45, 2.75) is 34.2 Å². The number of carbonyl (C=O) groups is 2. The Kier molecular flexibility index (Phi) is 6.66. The second-order valence-corrected chi connectivity index (χ2v) is 6.73. The van der Waals surface area contributed by atoms with Gasteiger partial charge in [0.15, 0.2) is 0 Å². The van der Waals surface area contributed by atoms with Gasteiger partial charge >= 0.3 is 5.97 Å². The number of benzene rings is 1. The van der Waals surface area contributed by atoms with Gasteiger partial charge in [-0.15, -0.1) is 0 Å². The Morgan fingerprint density at radius 3 is 2.22 bits per heavy atom. The van der Waals surface area contributed by atoms with Crippen LogP contribution in [0.5, 0.6) is 0 Å². The fourth-order valence-corrected chi connectivity index (χ4v) is 3.08. The van der Waals surface area contributed by atoms with E-state index in [1.807, 2.05) is 50.2 Å². The Morgan fingerprint density at radius 1 is 1.07 bits per heavy atom. The fraction of sp³-hybridized carbons (Fsp3) is 0.429. The van der Waals surface area contributed by atoms with Crippen LogP contribution in [0.25, 0.3) is 0 Å². The number of esters is 1. The van der Waals surface area contributed by atoms with Crippen LogP contribution >= 0.6 is 0 Å². The lowest BCUT2D eigenvalue weighted by Gasteiger charge is -2.21. The summed E-state index contributed by atoms with van der Waals surface area (Å²) in [6, 6.07) is 8.14. The summed E-state index contributed by atoms with van der Waals surface area (Å²) >= 11 is 0. The summed E-state index contributed by atoms with van der Waals surface area (Å²) < 4.78 is 5.11. The second-order valence-electron chi connectivity index (χ2n) is 6.73. The molecular weight excluding hydrogens is 342 g/mol. The zero-order chi connectivity index (χ0) is 20.1. The average Bonchev–Trinajstić information content (AvgIpc) is 2.94. The lowest BCUT2D eigenvalue weighted by atomic mass is 10.1. The number of carbonyl (C=O) groups excluding carboxylic acids is 2. The molecule has 6 heteroatoms. The van der Waals surface area contributed by atoms with Crippen LogP contribution in [0, 0.1) is 13.8 Å². The number of rotatable bonds is 7. The number of aromatic amines is 1. The fourth-order valence-electron chi connectivity index (χ4n) is 3.08. The third kappa shape index (κ3) is 4.51. The highest BCUT2D eigenvalue weighted by atomic mass is 16.5. The van der Waals surface area contributed by atoms with Crippen molar-refractivity contribution in [3.8, 4) is 0 Å². The first-order valence-electron chi connectivity index (χ1n) is 9.21. The van der Waals surface area contributed by atoms with E-state index in [0.717, 1.165) is 11.3 Å². The number of ether oxygens (including phenoxy) is 1. The summed E-state index contributed by atoms with van der Waals surface area (Å²) in [6.07, 6.45) is 0. The second kappa shape index (κ2) is 8.75. The zero-order valence-corrected chi connectivity index (χ0v) is 17.0. The van der Waals surface area contributed by atoms with Crippen LogP contribution in [0.1, 0.15) is 51.5 Å². The van der Waals surface area contributed by atoms with Gasteiger partial charge in [0.05, 0.1) is 12.2 Å². The first-order chi connectivity index (χ1) is 12.8. The Bertz CT molecular complexity index is 807. The monoisotopic (exact) mass is 371 g/mol. The lowest BCUT2D eigenvalue weighted by Crippen LogP contribution is -2.31. The first-order valence-corrected chi connectivity index (χ1v) is 9.21. The third-order valence-electron chi connectivity index (χ3n) is 4.63. The largest absolute Gasteiger partial charge is 0.462 e. The molecule has 146 valence electrons. The summed E-state index contributed by atoms with van der Waals surface area (Å²) in [5.74, 6) is -0.518. The molecule has 6 nitrogen and oxygen atoms in total. The number of H-pyrrole nitrogens is 1. The summed E-state index contributed by atoms with van der Waals surface area (Å²) in [6.45, 7) is 8.66. The average molecular weight is 371 g/mol. The molecule has 0 fully saturated rings. The molecule has 2 rings (SSSR count). The van der Waals surface area contributed by atoms with Crippen LogP contribution in [0.4, 0.5) is 5.69 Å². The minimum absolute atomic E-state index is 0.120. The molecule has 2 aromatic rings. The van der Waals surface area contributed by atoms with Gasteiger partial charge in [0, 0.05) is 38.6 Å². The van der Waals surface area contributed by atoms with Crippen LogP contribution in [0.3, 0.4) is 0 Å². The number of nitrogens with zero attached hydrogens (tertiary/aromatic N) is 2. The zero-order valence-electron chi connectivity index (χ0n) is 17.0. The molecular formula is C21H29N3O3. The molecule has 1 N–H and O–H groups in total. The number of anilines is 1. The maximum absolute atomic E-state index is 13.1. The number of hydrogen-bond acceptors (Lipinski definition) is 4. The quantitative estimate of drug-likeness (QED) is 0.756. The van der Waals surface area contributed by atoms with E-state index in [9.17, 15) is 9.59 Å². The normalized spacial score (nSPS) is 10.6. The number of aryl methyl sites for hydroxylation is 1. The smallest absolute Gasteiger partial charge is 0.340 e. The highest BCUT2D eigenvalue weighted by molar-refractivity contribution is 6.00. The molecule has 1 aromatic heterocycles. The van der Waals surface area contributed by atoms with Crippen LogP contribution in [-0.4, -0.2) is 49.0 Å². The topological polar surface area (TPSA) is 65.6 Å². The molecule has 1 heterocycles. The molecule has 27 heavy (non-hydrogen) atoms. The summed E-state index contributed by atoms with van der Waals surface area (Å²) in [5.41, 5.74) is 4.36. The van der Waals surface area contributed by atoms with Gasteiger partial charge in [-0.3, -0.25) is 4.79 Å². The molecule has 0 unspecified atom stereocenters. The van der Waals surface area contributed by atoms with Crippen LogP contribution in [0.15, 0.2) is 24.3 Å². The maximum Gasteiger partial charge on any atom is 0.340 e. The molecule has 1 aromatic carbocycles. The van der Waals surface area contributed by atoms with Crippen molar-refractivity contribution in [3.05, 3.63) is 52.3 Å². The molecule has 0 atom stereocenters. The molecule has 0 aliphatic carbocycles. The van der Waals surface area contributed by atoms with E-state index >= 15 is 0 Å². The van der Waals surface area contributed by atoms with Crippen LogP contribution in [0.2, 0.25) is 0 Å². The summed E-state index contributed by atoms with van der Waals surface area (Å²) in [4.78, 5) is 32.1. The molecule has 0 aliphatic heterocycles. The van der Waals surface area contributed by atoms with Crippen molar-refractivity contribution in [1.82, 2.24) is 9.88 Å². The van der Waals surface area contributed by atoms with Crippen molar-refractivity contribution in [1.29, 1.82) is 0 Å². The van der Waals surface area contributed by atoms with Gasteiger partial charge in [0.1, 0.15) is 5.69 Å². The molecule has 0 aliphatic rings. The van der Waals surface area contributed by atoms with Crippen molar-refractivity contribution < 1.29 is 14.3 Å². The van der Waals surface area contributed by atoms with E-state index in [-0.39, 0.29) is 5.91 Å². The lowest BCUT2D eigenvalue weighted by molar-refractivity contribution is 0.0525. The number of amides is 1. The highest BCUT2D eigenvalue weighted by Crippen LogP contribution is 2.22.